The van der Waals surface area contributed by atoms with E-state index in [4.69, 9.17) is 4.74 Å². The molecule has 22 heavy (non-hydrogen) atoms. The maximum absolute atomic E-state index is 5.49. The van der Waals surface area contributed by atoms with Gasteiger partial charge in [-0.05, 0) is 25.7 Å². The molecule has 0 bridgehead atoms. The van der Waals surface area contributed by atoms with Crippen LogP contribution < -0.4 is 5.32 Å². The van der Waals surface area contributed by atoms with Crippen LogP contribution in [0.3, 0.4) is 0 Å². The molecule has 2 heteroatoms. The summed E-state index contributed by atoms with van der Waals surface area (Å²) >= 11 is 0. The highest BCUT2D eigenvalue weighted by Crippen LogP contribution is 2.16. The molecule has 1 aliphatic heterocycles. The third-order valence-electron chi connectivity index (χ3n) is 5.00. The van der Waals surface area contributed by atoms with Crippen LogP contribution in [0.2, 0.25) is 0 Å². The molecule has 0 aromatic heterocycles. The van der Waals surface area contributed by atoms with Crippen molar-refractivity contribution in [2.24, 2.45) is 0 Å². The summed E-state index contributed by atoms with van der Waals surface area (Å²) in [6, 6.07) is 1.47. The van der Waals surface area contributed by atoms with Gasteiger partial charge in [0, 0.05) is 25.3 Å². The van der Waals surface area contributed by atoms with Gasteiger partial charge in [0.15, 0.2) is 0 Å². The van der Waals surface area contributed by atoms with Crippen molar-refractivity contribution in [1.82, 2.24) is 5.32 Å². The lowest BCUT2D eigenvalue weighted by atomic mass is 9.98. The third kappa shape index (κ3) is 10.6. The second kappa shape index (κ2) is 14.5. The van der Waals surface area contributed by atoms with Gasteiger partial charge in [-0.2, -0.15) is 0 Å². The van der Waals surface area contributed by atoms with E-state index in [0.29, 0.717) is 6.04 Å². The predicted octanol–water partition coefficient (Wildman–Crippen LogP) is 5.84. The highest BCUT2D eigenvalue weighted by Gasteiger charge is 2.17. The first-order valence-electron chi connectivity index (χ1n) is 10.2. The SMILES string of the molecule is CCCCCCCC(CCCCCCC)NC1CCOCC1. The molecule has 0 unspecified atom stereocenters. The first kappa shape index (κ1) is 20.0. The predicted molar refractivity (Wildman–Crippen MR) is 97.5 cm³/mol. The average Bonchev–Trinajstić information content (AvgIpc) is 2.55. The minimum absolute atomic E-state index is 0.713. The van der Waals surface area contributed by atoms with E-state index in [-0.39, 0.29) is 0 Å². The molecule has 0 radical (unpaired) electrons. The number of ether oxygens (including phenoxy) is 1. The Morgan fingerprint density at radius 1 is 0.773 bits per heavy atom. The Labute approximate surface area is 139 Å². The van der Waals surface area contributed by atoms with Crippen LogP contribution in [0, 0.1) is 0 Å². The number of hydrogen-bond acceptors (Lipinski definition) is 2. The first-order valence-corrected chi connectivity index (χ1v) is 10.2. The molecule has 1 aliphatic rings. The largest absolute Gasteiger partial charge is 0.381 e. The fraction of sp³-hybridized carbons (Fsp3) is 1.00. The zero-order valence-electron chi connectivity index (χ0n) is 15.4. The Balaban J connectivity index is 2.18. The molecule has 0 amide bonds. The number of hydrogen-bond donors (Lipinski definition) is 1. The molecule has 1 heterocycles. The number of unbranched alkanes of at least 4 members (excludes halogenated alkanes) is 8. The topological polar surface area (TPSA) is 21.3 Å². The monoisotopic (exact) mass is 311 g/mol. The van der Waals surface area contributed by atoms with E-state index in [9.17, 15) is 0 Å². The van der Waals surface area contributed by atoms with Crippen molar-refractivity contribution in [1.29, 1.82) is 0 Å². The van der Waals surface area contributed by atoms with Crippen molar-refractivity contribution in [2.75, 3.05) is 13.2 Å². The van der Waals surface area contributed by atoms with E-state index >= 15 is 0 Å². The maximum atomic E-state index is 5.49. The molecule has 0 spiro atoms. The van der Waals surface area contributed by atoms with Gasteiger partial charge in [-0.15, -0.1) is 0 Å². The summed E-state index contributed by atoms with van der Waals surface area (Å²) in [7, 11) is 0. The van der Waals surface area contributed by atoms with Gasteiger partial charge in [0.05, 0.1) is 0 Å². The van der Waals surface area contributed by atoms with Crippen LogP contribution in [-0.4, -0.2) is 25.3 Å². The molecule has 0 saturated carbocycles. The average molecular weight is 312 g/mol. The summed E-state index contributed by atoms with van der Waals surface area (Å²) in [5.74, 6) is 0. The van der Waals surface area contributed by atoms with Crippen molar-refractivity contribution in [3.63, 3.8) is 0 Å². The summed E-state index contributed by atoms with van der Waals surface area (Å²) in [5, 5.41) is 3.96. The molecule has 0 aromatic carbocycles. The van der Waals surface area contributed by atoms with Crippen LogP contribution in [0.25, 0.3) is 0 Å². The van der Waals surface area contributed by atoms with Crippen molar-refractivity contribution < 1.29 is 4.74 Å². The quantitative estimate of drug-likeness (QED) is 0.407. The fourth-order valence-electron chi connectivity index (χ4n) is 3.50. The second-order valence-electron chi connectivity index (χ2n) is 7.16. The Morgan fingerprint density at radius 2 is 1.27 bits per heavy atom. The van der Waals surface area contributed by atoms with Gasteiger partial charge in [-0.1, -0.05) is 78.1 Å². The van der Waals surface area contributed by atoms with Crippen molar-refractivity contribution in [3.8, 4) is 0 Å². The summed E-state index contributed by atoms with van der Waals surface area (Å²) < 4.78 is 5.49. The first-order chi connectivity index (χ1) is 10.9. The molecule has 0 aliphatic carbocycles. The maximum Gasteiger partial charge on any atom is 0.0480 e. The molecule has 0 atom stereocenters. The van der Waals surface area contributed by atoms with E-state index in [2.05, 4.69) is 19.2 Å². The molecule has 132 valence electrons. The van der Waals surface area contributed by atoms with Crippen LogP contribution in [0.5, 0.6) is 0 Å². The second-order valence-corrected chi connectivity index (χ2v) is 7.16. The minimum Gasteiger partial charge on any atom is -0.381 e. The van der Waals surface area contributed by atoms with Crippen molar-refractivity contribution in [2.45, 2.75) is 116 Å². The Hall–Kier alpha value is -0.0800. The Bertz CT molecular complexity index is 212. The molecular weight excluding hydrogens is 270 g/mol. The Morgan fingerprint density at radius 3 is 1.77 bits per heavy atom. The van der Waals surface area contributed by atoms with Crippen molar-refractivity contribution >= 4 is 0 Å². The molecule has 1 rings (SSSR count). The third-order valence-corrected chi connectivity index (χ3v) is 5.00. The Kier molecular flexibility index (Phi) is 13.2. The van der Waals surface area contributed by atoms with E-state index in [1.165, 1.54) is 89.9 Å². The summed E-state index contributed by atoms with van der Waals surface area (Å²) in [6.45, 7) is 6.51. The molecule has 1 fully saturated rings. The van der Waals surface area contributed by atoms with Crippen LogP contribution in [0.1, 0.15) is 104 Å². The minimum atomic E-state index is 0.713. The van der Waals surface area contributed by atoms with Gasteiger partial charge in [0.1, 0.15) is 0 Å². The normalized spacial score (nSPS) is 16.5. The summed E-state index contributed by atoms with van der Waals surface area (Å²) in [4.78, 5) is 0. The molecule has 2 nitrogen and oxygen atoms in total. The lowest BCUT2D eigenvalue weighted by Gasteiger charge is -2.29. The van der Waals surface area contributed by atoms with E-state index in [1.54, 1.807) is 0 Å². The van der Waals surface area contributed by atoms with Gasteiger partial charge in [0.2, 0.25) is 0 Å². The van der Waals surface area contributed by atoms with Gasteiger partial charge >= 0.3 is 0 Å². The molecular formula is C20H41NO. The standard InChI is InChI=1S/C20H41NO/c1-3-5-7-9-11-13-19(14-12-10-8-6-4-2)21-20-15-17-22-18-16-20/h19-21H,3-18H2,1-2H3. The van der Waals surface area contributed by atoms with Crippen LogP contribution in [0.15, 0.2) is 0 Å². The molecule has 1 saturated heterocycles. The van der Waals surface area contributed by atoms with Gasteiger partial charge < -0.3 is 10.1 Å². The lowest BCUT2D eigenvalue weighted by Crippen LogP contribution is -2.41. The van der Waals surface area contributed by atoms with Gasteiger partial charge in [0.25, 0.3) is 0 Å². The zero-order valence-corrected chi connectivity index (χ0v) is 15.4. The number of rotatable bonds is 14. The van der Waals surface area contributed by atoms with Gasteiger partial charge in [-0.25, -0.2) is 0 Å². The summed E-state index contributed by atoms with van der Waals surface area (Å²) in [5.41, 5.74) is 0. The van der Waals surface area contributed by atoms with E-state index in [0.717, 1.165) is 19.3 Å². The van der Waals surface area contributed by atoms with Gasteiger partial charge in [-0.3, -0.25) is 0 Å². The fourth-order valence-corrected chi connectivity index (χ4v) is 3.50. The van der Waals surface area contributed by atoms with Crippen LogP contribution >= 0.6 is 0 Å². The van der Waals surface area contributed by atoms with E-state index < -0.39 is 0 Å². The summed E-state index contributed by atoms with van der Waals surface area (Å²) in [6.07, 6.45) is 19.2. The van der Waals surface area contributed by atoms with Crippen LogP contribution in [-0.2, 0) is 4.74 Å². The molecule has 0 aromatic rings. The number of nitrogens with one attached hydrogen (secondary N) is 1. The smallest absolute Gasteiger partial charge is 0.0480 e. The van der Waals surface area contributed by atoms with Crippen molar-refractivity contribution in [3.05, 3.63) is 0 Å². The highest BCUT2D eigenvalue weighted by atomic mass is 16.5. The lowest BCUT2D eigenvalue weighted by molar-refractivity contribution is 0.0739. The van der Waals surface area contributed by atoms with Crippen LogP contribution in [0.4, 0.5) is 0 Å². The molecule has 1 N–H and O–H groups in total. The highest BCUT2D eigenvalue weighted by molar-refractivity contribution is 4.76. The zero-order chi connectivity index (χ0) is 15.9. The van der Waals surface area contributed by atoms with E-state index in [1.807, 2.05) is 0 Å².